The molecule has 1 atom stereocenters. The van der Waals surface area contributed by atoms with Crippen LogP contribution < -0.4 is 5.32 Å². The first-order chi connectivity index (χ1) is 6.19. The van der Waals surface area contributed by atoms with Crippen molar-refractivity contribution in [3.63, 3.8) is 0 Å². The van der Waals surface area contributed by atoms with Crippen LogP contribution in [0.3, 0.4) is 0 Å². The summed E-state index contributed by atoms with van der Waals surface area (Å²) in [7, 11) is 1.91. The Morgan fingerprint density at radius 1 is 1.54 bits per heavy atom. The van der Waals surface area contributed by atoms with Crippen molar-refractivity contribution < 1.29 is 4.79 Å². The van der Waals surface area contributed by atoms with Crippen LogP contribution in [0.15, 0.2) is 0 Å². The van der Waals surface area contributed by atoms with E-state index < -0.39 is 0 Å². The van der Waals surface area contributed by atoms with Crippen molar-refractivity contribution in [1.29, 1.82) is 0 Å². The van der Waals surface area contributed by atoms with Gasteiger partial charge < -0.3 is 4.90 Å². The highest BCUT2D eigenvalue weighted by molar-refractivity contribution is 5.88. The van der Waals surface area contributed by atoms with E-state index in [4.69, 9.17) is 0 Å². The number of carbonyl (C=O) groups excluding carboxylic acids is 1. The Hall–Kier alpha value is -0.570. The number of likely N-dealkylation sites (N-methyl/N-ethyl adjacent to an activating group) is 1. The average Bonchev–Trinajstić information content (AvgIpc) is 2.69. The van der Waals surface area contributed by atoms with Gasteiger partial charge in [-0.3, -0.25) is 10.1 Å². The molecule has 0 radical (unpaired) electrons. The van der Waals surface area contributed by atoms with E-state index in [1.165, 1.54) is 12.8 Å². The number of rotatable bonds is 1. The second kappa shape index (κ2) is 2.98. The zero-order valence-electron chi connectivity index (χ0n) is 8.47. The van der Waals surface area contributed by atoms with Crippen LogP contribution in [0.5, 0.6) is 0 Å². The molecule has 74 valence electrons. The SMILES string of the molecule is CCC1NC2(CCCC2)C(=O)N1C. The van der Waals surface area contributed by atoms with Gasteiger partial charge in [0.05, 0.1) is 11.7 Å². The lowest BCUT2D eigenvalue weighted by atomic mass is 9.98. The molecule has 2 aliphatic rings. The predicted octanol–water partition coefficient (Wildman–Crippen LogP) is 1.10. The zero-order valence-corrected chi connectivity index (χ0v) is 8.47. The molecule has 1 heterocycles. The Morgan fingerprint density at radius 3 is 2.62 bits per heavy atom. The molecule has 1 unspecified atom stereocenters. The average molecular weight is 182 g/mol. The largest absolute Gasteiger partial charge is 0.329 e. The number of amides is 1. The van der Waals surface area contributed by atoms with Crippen molar-refractivity contribution in [3.8, 4) is 0 Å². The summed E-state index contributed by atoms with van der Waals surface area (Å²) < 4.78 is 0. The van der Waals surface area contributed by atoms with Gasteiger partial charge in [0.15, 0.2) is 0 Å². The second-order valence-electron chi connectivity index (χ2n) is 4.27. The molecule has 3 heteroatoms. The summed E-state index contributed by atoms with van der Waals surface area (Å²) in [6.45, 7) is 2.12. The first-order valence-corrected chi connectivity index (χ1v) is 5.24. The molecule has 0 bridgehead atoms. The molecule has 3 nitrogen and oxygen atoms in total. The lowest BCUT2D eigenvalue weighted by molar-refractivity contribution is -0.131. The fraction of sp³-hybridized carbons (Fsp3) is 0.900. The monoisotopic (exact) mass is 182 g/mol. The van der Waals surface area contributed by atoms with Crippen molar-refractivity contribution >= 4 is 5.91 Å². The van der Waals surface area contributed by atoms with Crippen LogP contribution in [0, 0.1) is 0 Å². The van der Waals surface area contributed by atoms with E-state index in [9.17, 15) is 4.79 Å². The minimum absolute atomic E-state index is 0.171. The van der Waals surface area contributed by atoms with Crippen LogP contribution in [-0.4, -0.2) is 29.6 Å². The standard InChI is InChI=1S/C10H18N2O/c1-3-8-11-10(6-4-5-7-10)9(13)12(8)2/h8,11H,3-7H2,1-2H3. The van der Waals surface area contributed by atoms with Gasteiger partial charge >= 0.3 is 0 Å². The van der Waals surface area contributed by atoms with Crippen molar-refractivity contribution in [2.75, 3.05) is 7.05 Å². The lowest BCUT2D eigenvalue weighted by Crippen LogP contribution is -2.44. The minimum Gasteiger partial charge on any atom is -0.329 e. The van der Waals surface area contributed by atoms with Gasteiger partial charge in [-0.25, -0.2) is 0 Å². The summed E-state index contributed by atoms with van der Waals surface area (Å²) in [5, 5.41) is 3.49. The molecule has 0 aromatic carbocycles. The van der Waals surface area contributed by atoms with Gasteiger partial charge in [-0.15, -0.1) is 0 Å². The third-order valence-electron chi connectivity index (χ3n) is 3.48. The van der Waals surface area contributed by atoms with Crippen molar-refractivity contribution in [1.82, 2.24) is 10.2 Å². The van der Waals surface area contributed by atoms with Crippen molar-refractivity contribution in [2.24, 2.45) is 0 Å². The summed E-state index contributed by atoms with van der Waals surface area (Å²) in [5.74, 6) is 0.317. The first-order valence-electron chi connectivity index (χ1n) is 5.24. The third-order valence-corrected chi connectivity index (χ3v) is 3.48. The van der Waals surface area contributed by atoms with Crippen LogP contribution in [0.1, 0.15) is 39.0 Å². The summed E-state index contributed by atoms with van der Waals surface area (Å²) >= 11 is 0. The van der Waals surface area contributed by atoms with Crippen LogP contribution in [-0.2, 0) is 4.79 Å². The summed E-state index contributed by atoms with van der Waals surface area (Å²) in [6.07, 6.45) is 5.74. The molecular weight excluding hydrogens is 164 g/mol. The molecule has 1 saturated carbocycles. The number of hydrogen-bond acceptors (Lipinski definition) is 2. The molecule has 1 aliphatic heterocycles. The number of carbonyl (C=O) groups is 1. The van der Waals surface area contributed by atoms with Gasteiger partial charge in [0.1, 0.15) is 0 Å². The number of nitrogens with zero attached hydrogens (tertiary/aromatic N) is 1. The maximum Gasteiger partial charge on any atom is 0.243 e. The Bertz CT molecular complexity index is 221. The molecule has 0 aromatic heterocycles. The molecule has 2 rings (SSSR count). The molecule has 1 aliphatic carbocycles. The van der Waals surface area contributed by atoms with Crippen molar-refractivity contribution in [3.05, 3.63) is 0 Å². The third kappa shape index (κ3) is 1.17. The quantitative estimate of drug-likeness (QED) is 0.658. The van der Waals surface area contributed by atoms with Gasteiger partial charge in [-0.1, -0.05) is 19.8 Å². The van der Waals surface area contributed by atoms with Gasteiger partial charge in [0.2, 0.25) is 5.91 Å². The summed E-state index contributed by atoms with van der Waals surface area (Å²) in [6, 6.07) is 0. The smallest absolute Gasteiger partial charge is 0.243 e. The van der Waals surface area contributed by atoms with Crippen LogP contribution in [0.4, 0.5) is 0 Å². The van der Waals surface area contributed by atoms with Gasteiger partial charge in [-0.05, 0) is 19.3 Å². The molecule has 1 saturated heterocycles. The normalized spacial score (nSPS) is 32.0. The van der Waals surface area contributed by atoms with E-state index in [2.05, 4.69) is 12.2 Å². The topological polar surface area (TPSA) is 32.3 Å². The zero-order chi connectivity index (χ0) is 9.47. The molecule has 1 amide bonds. The maximum atomic E-state index is 12.0. The Labute approximate surface area is 79.5 Å². The van der Waals surface area contributed by atoms with E-state index >= 15 is 0 Å². The Morgan fingerprint density at radius 2 is 2.15 bits per heavy atom. The molecule has 1 spiro atoms. The highest BCUT2D eigenvalue weighted by Crippen LogP contribution is 2.36. The van der Waals surface area contributed by atoms with Gasteiger partial charge in [0, 0.05) is 7.05 Å². The Balaban J connectivity index is 2.19. The lowest BCUT2D eigenvalue weighted by Gasteiger charge is -2.20. The minimum atomic E-state index is -0.171. The molecular formula is C10H18N2O. The number of nitrogens with one attached hydrogen (secondary N) is 1. The van der Waals surface area contributed by atoms with Gasteiger partial charge in [-0.2, -0.15) is 0 Å². The fourth-order valence-electron chi connectivity index (χ4n) is 2.67. The van der Waals surface area contributed by atoms with E-state index in [0.29, 0.717) is 5.91 Å². The molecule has 1 N–H and O–H groups in total. The fourth-order valence-corrected chi connectivity index (χ4v) is 2.67. The summed E-state index contributed by atoms with van der Waals surface area (Å²) in [4.78, 5) is 13.8. The highest BCUT2D eigenvalue weighted by atomic mass is 16.2. The highest BCUT2D eigenvalue weighted by Gasteiger charge is 2.50. The predicted molar refractivity (Wildman–Crippen MR) is 51.2 cm³/mol. The van der Waals surface area contributed by atoms with Crippen LogP contribution in [0.25, 0.3) is 0 Å². The van der Waals surface area contributed by atoms with Crippen LogP contribution >= 0.6 is 0 Å². The van der Waals surface area contributed by atoms with Gasteiger partial charge in [0.25, 0.3) is 0 Å². The van der Waals surface area contributed by atoms with E-state index in [1.54, 1.807) is 0 Å². The first kappa shape index (κ1) is 9.00. The second-order valence-corrected chi connectivity index (χ2v) is 4.27. The molecule has 2 fully saturated rings. The van der Waals surface area contributed by atoms with E-state index in [1.807, 2.05) is 11.9 Å². The maximum absolute atomic E-state index is 12.0. The molecule has 0 aromatic rings. The van der Waals surface area contributed by atoms with Crippen LogP contribution in [0.2, 0.25) is 0 Å². The van der Waals surface area contributed by atoms with E-state index in [-0.39, 0.29) is 11.7 Å². The van der Waals surface area contributed by atoms with E-state index in [0.717, 1.165) is 19.3 Å². The van der Waals surface area contributed by atoms with Crippen molar-refractivity contribution in [2.45, 2.75) is 50.7 Å². The summed E-state index contributed by atoms with van der Waals surface area (Å²) in [5.41, 5.74) is -0.171. The Kier molecular flexibility index (Phi) is 2.06. The number of hydrogen-bond donors (Lipinski definition) is 1. The molecule has 13 heavy (non-hydrogen) atoms.